The summed E-state index contributed by atoms with van der Waals surface area (Å²) in [5.74, 6) is -1.17. The standard InChI is InChI=1S/C28H19ClN2O6/c1-14-20-11-17(29)7-10-22(20)36-25(14)28(33)35-18-8-9-19-23(12-18)37-26(31)21(13-30)24(19)15-3-5-16(6-4-15)27(32)34-2/h3-12,24H,31H2,1-2H3. The van der Waals surface area contributed by atoms with Crippen LogP contribution in [-0.4, -0.2) is 19.0 Å². The molecule has 5 rings (SSSR count). The van der Waals surface area contributed by atoms with Gasteiger partial charge in [-0.1, -0.05) is 29.8 Å². The number of nitriles is 1. The lowest BCUT2D eigenvalue weighted by molar-refractivity contribution is 0.0600. The van der Waals surface area contributed by atoms with Crippen molar-refractivity contribution in [3.05, 3.63) is 105 Å². The molecule has 0 bridgehead atoms. The zero-order valence-electron chi connectivity index (χ0n) is 19.7. The summed E-state index contributed by atoms with van der Waals surface area (Å²) in [6.45, 7) is 1.75. The Balaban J connectivity index is 1.47. The molecular weight excluding hydrogens is 496 g/mol. The van der Waals surface area contributed by atoms with Crippen molar-refractivity contribution >= 4 is 34.5 Å². The van der Waals surface area contributed by atoms with Crippen LogP contribution in [0.15, 0.2) is 76.5 Å². The number of aryl methyl sites for hydroxylation is 1. The molecule has 2 heterocycles. The first kappa shape index (κ1) is 24.0. The van der Waals surface area contributed by atoms with Crippen LogP contribution in [0.25, 0.3) is 11.0 Å². The topological polar surface area (TPSA) is 125 Å². The molecule has 1 aromatic heterocycles. The number of carbonyl (C=O) groups is 2. The smallest absolute Gasteiger partial charge is 0.379 e. The first-order valence-corrected chi connectivity index (χ1v) is 11.5. The van der Waals surface area contributed by atoms with Crippen molar-refractivity contribution in [2.75, 3.05) is 7.11 Å². The van der Waals surface area contributed by atoms with E-state index in [1.165, 1.54) is 13.2 Å². The van der Waals surface area contributed by atoms with E-state index < -0.39 is 17.9 Å². The van der Waals surface area contributed by atoms with Crippen LogP contribution in [0, 0.1) is 18.3 Å². The van der Waals surface area contributed by atoms with Gasteiger partial charge in [-0.05, 0) is 48.9 Å². The number of nitrogens with zero attached hydrogens (tertiary/aromatic N) is 1. The molecule has 0 saturated carbocycles. The number of furan rings is 1. The fourth-order valence-electron chi connectivity index (χ4n) is 4.31. The molecule has 0 amide bonds. The number of methoxy groups -OCH3 is 1. The van der Waals surface area contributed by atoms with Crippen molar-refractivity contribution in [1.82, 2.24) is 0 Å². The van der Waals surface area contributed by atoms with Crippen LogP contribution in [0.4, 0.5) is 0 Å². The SMILES string of the molecule is COC(=O)c1ccc(C2C(C#N)=C(N)Oc3cc(OC(=O)c4oc5ccc(Cl)cc5c4C)ccc32)cc1. The number of nitrogens with two attached hydrogens (primary N) is 1. The molecule has 184 valence electrons. The molecule has 2 N–H and O–H groups in total. The number of halogens is 1. The van der Waals surface area contributed by atoms with Gasteiger partial charge in [-0.2, -0.15) is 5.26 Å². The predicted molar refractivity (Wildman–Crippen MR) is 134 cm³/mol. The second-order valence-corrected chi connectivity index (χ2v) is 8.76. The zero-order chi connectivity index (χ0) is 26.3. The summed E-state index contributed by atoms with van der Waals surface area (Å²) in [6, 6.07) is 18.7. The quantitative estimate of drug-likeness (QED) is 0.275. The lowest BCUT2D eigenvalue weighted by Crippen LogP contribution is -2.21. The average Bonchev–Trinajstić information content (AvgIpc) is 3.23. The number of hydrogen-bond donors (Lipinski definition) is 1. The minimum absolute atomic E-state index is 0.0608. The molecule has 0 spiro atoms. The lowest BCUT2D eigenvalue weighted by Gasteiger charge is -2.26. The summed E-state index contributed by atoms with van der Waals surface area (Å²) < 4.78 is 21.7. The number of fused-ring (bicyclic) bond motifs is 2. The van der Waals surface area contributed by atoms with Gasteiger partial charge in [0.2, 0.25) is 11.6 Å². The van der Waals surface area contributed by atoms with Gasteiger partial charge in [-0.15, -0.1) is 0 Å². The summed E-state index contributed by atoms with van der Waals surface area (Å²) in [4.78, 5) is 24.7. The highest BCUT2D eigenvalue weighted by atomic mass is 35.5. The maximum atomic E-state index is 12.9. The number of allylic oxidation sites excluding steroid dienone is 1. The summed E-state index contributed by atoms with van der Waals surface area (Å²) in [5.41, 5.74) is 9.17. The Kier molecular flexibility index (Phi) is 6.07. The monoisotopic (exact) mass is 514 g/mol. The number of carbonyl (C=O) groups excluding carboxylic acids is 2. The van der Waals surface area contributed by atoms with Gasteiger partial charge >= 0.3 is 11.9 Å². The molecule has 1 atom stereocenters. The number of ether oxygens (including phenoxy) is 3. The zero-order valence-corrected chi connectivity index (χ0v) is 20.5. The fraction of sp³-hybridized carbons (Fsp3) is 0.107. The van der Waals surface area contributed by atoms with Gasteiger partial charge in [0.05, 0.1) is 18.6 Å². The van der Waals surface area contributed by atoms with E-state index in [2.05, 4.69) is 6.07 Å². The van der Waals surface area contributed by atoms with E-state index in [-0.39, 0.29) is 23.0 Å². The van der Waals surface area contributed by atoms with Crippen LogP contribution in [0.1, 0.15) is 43.5 Å². The fourth-order valence-corrected chi connectivity index (χ4v) is 4.48. The highest BCUT2D eigenvalue weighted by Crippen LogP contribution is 2.43. The number of benzene rings is 3. The van der Waals surface area contributed by atoms with Gasteiger partial charge in [-0.25, -0.2) is 9.59 Å². The minimum Gasteiger partial charge on any atom is -0.465 e. The second-order valence-electron chi connectivity index (χ2n) is 8.32. The largest absolute Gasteiger partial charge is 0.465 e. The van der Waals surface area contributed by atoms with Crippen LogP contribution in [0.2, 0.25) is 5.02 Å². The van der Waals surface area contributed by atoms with E-state index >= 15 is 0 Å². The van der Waals surface area contributed by atoms with Crippen molar-refractivity contribution < 1.29 is 28.2 Å². The molecule has 37 heavy (non-hydrogen) atoms. The molecule has 1 unspecified atom stereocenters. The number of rotatable bonds is 4. The Morgan fingerprint density at radius 2 is 1.81 bits per heavy atom. The molecule has 1 aliphatic rings. The third-order valence-electron chi connectivity index (χ3n) is 6.15. The summed E-state index contributed by atoms with van der Waals surface area (Å²) in [7, 11) is 1.30. The molecule has 0 radical (unpaired) electrons. The van der Waals surface area contributed by atoms with Crippen molar-refractivity contribution in [2.45, 2.75) is 12.8 Å². The van der Waals surface area contributed by atoms with Crippen molar-refractivity contribution in [3.8, 4) is 17.6 Å². The van der Waals surface area contributed by atoms with E-state index in [0.29, 0.717) is 33.0 Å². The molecule has 9 heteroatoms. The minimum atomic E-state index is -0.684. The molecule has 0 fully saturated rings. The Hall–Kier alpha value is -4.74. The van der Waals surface area contributed by atoms with Crippen LogP contribution in [0.3, 0.4) is 0 Å². The molecule has 1 aliphatic heterocycles. The van der Waals surface area contributed by atoms with E-state index in [0.717, 1.165) is 10.9 Å². The van der Waals surface area contributed by atoms with Gasteiger partial charge in [-0.3, -0.25) is 0 Å². The van der Waals surface area contributed by atoms with E-state index in [9.17, 15) is 14.9 Å². The predicted octanol–water partition coefficient (Wildman–Crippen LogP) is 5.62. The van der Waals surface area contributed by atoms with Gasteiger partial charge in [0.1, 0.15) is 28.7 Å². The third-order valence-corrected chi connectivity index (χ3v) is 6.38. The Morgan fingerprint density at radius 1 is 1.05 bits per heavy atom. The van der Waals surface area contributed by atoms with Gasteiger partial charge in [0.25, 0.3) is 0 Å². The number of hydrogen-bond acceptors (Lipinski definition) is 8. The first-order valence-electron chi connectivity index (χ1n) is 11.1. The molecule has 3 aromatic carbocycles. The lowest BCUT2D eigenvalue weighted by atomic mass is 9.83. The maximum Gasteiger partial charge on any atom is 0.379 e. The summed E-state index contributed by atoms with van der Waals surface area (Å²) >= 11 is 6.07. The molecular formula is C28H19ClN2O6. The molecule has 0 aliphatic carbocycles. The molecule has 8 nitrogen and oxygen atoms in total. The van der Waals surface area contributed by atoms with E-state index in [1.807, 2.05) is 0 Å². The average molecular weight is 515 g/mol. The van der Waals surface area contributed by atoms with Gasteiger partial charge < -0.3 is 24.4 Å². The number of esters is 2. The van der Waals surface area contributed by atoms with E-state index in [4.69, 9.17) is 36.0 Å². The Morgan fingerprint density at radius 3 is 2.51 bits per heavy atom. The van der Waals surface area contributed by atoms with Crippen molar-refractivity contribution in [2.24, 2.45) is 5.73 Å². The Bertz CT molecular complexity index is 1650. The Labute approximate surface area is 216 Å². The van der Waals surface area contributed by atoms with Crippen LogP contribution < -0.4 is 15.2 Å². The molecule has 0 saturated heterocycles. The van der Waals surface area contributed by atoms with Crippen molar-refractivity contribution in [1.29, 1.82) is 5.26 Å². The third kappa shape index (κ3) is 4.26. The summed E-state index contributed by atoms with van der Waals surface area (Å²) in [5, 5.41) is 11.0. The van der Waals surface area contributed by atoms with Crippen LogP contribution in [-0.2, 0) is 4.74 Å². The first-order chi connectivity index (χ1) is 17.8. The highest BCUT2D eigenvalue weighted by molar-refractivity contribution is 6.31. The van der Waals surface area contributed by atoms with Gasteiger partial charge in [0, 0.05) is 27.6 Å². The summed E-state index contributed by atoms with van der Waals surface area (Å²) in [6.07, 6.45) is 0. The second kappa shape index (κ2) is 9.37. The maximum absolute atomic E-state index is 12.9. The van der Waals surface area contributed by atoms with Crippen LogP contribution >= 0.6 is 11.6 Å². The van der Waals surface area contributed by atoms with E-state index in [1.54, 1.807) is 61.5 Å². The normalized spacial score (nSPS) is 14.5. The van der Waals surface area contributed by atoms with Gasteiger partial charge in [0.15, 0.2) is 0 Å². The van der Waals surface area contributed by atoms with Crippen molar-refractivity contribution in [3.63, 3.8) is 0 Å². The highest BCUT2D eigenvalue weighted by Gasteiger charge is 2.31. The molecule has 4 aromatic rings. The van der Waals surface area contributed by atoms with Crippen LogP contribution in [0.5, 0.6) is 11.5 Å².